The van der Waals surface area contributed by atoms with Gasteiger partial charge in [-0.1, -0.05) is 24.2 Å². The SMILES string of the molecule is [2H]c1cccc(=O)c([2H])c1. The van der Waals surface area contributed by atoms with E-state index in [0.29, 0.717) is 0 Å². The molecule has 0 unspecified atom stereocenters. The fourth-order valence-corrected chi connectivity index (χ4v) is 0.400. The fourth-order valence-electron chi connectivity index (χ4n) is 0.400. The molecule has 0 saturated carbocycles. The molecule has 1 rings (SSSR count). The molecule has 0 amide bonds. The highest BCUT2D eigenvalue weighted by atomic mass is 16.1. The summed E-state index contributed by atoms with van der Waals surface area (Å²) in [6, 6.07) is 5.51. The maximum Gasteiger partial charge on any atom is 0.178 e. The Hall–Kier alpha value is -1.11. The molecule has 1 aromatic rings. The molecular weight excluding hydrogens is 100 g/mol. The summed E-state index contributed by atoms with van der Waals surface area (Å²) in [6.45, 7) is 0. The highest BCUT2D eigenvalue weighted by molar-refractivity contribution is 5.00. The van der Waals surface area contributed by atoms with Crippen LogP contribution in [0.2, 0.25) is 0 Å². The lowest BCUT2D eigenvalue weighted by atomic mass is 10.5. The normalized spacial score (nSPS) is 12.0. The summed E-state index contributed by atoms with van der Waals surface area (Å²) in [5.41, 5.74) is -0.349. The monoisotopic (exact) mass is 108 g/mol. The quantitative estimate of drug-likeness (QED) is 0.485. The van der Waals surface area contributed by atoms with Crippen molar-refractivity contribution in [3.63, 3.8) is 0 Å². The average Bonchev–Trinajstić information content (AvgIpc) is 1.96. The average molecular weight is 108 g/mol. The molecular formula is C7H6O. The molecule has 0 bridgehead atoms. The molecule has 0 N–H and O–H groups in total. The van der Waals surface area contributed by atoms with E-state index in [1.54, 1.807) is 0 Å². The Kier molecular flexibility index (Phi) is 0.855. The Morgan fingerprint density at radius 3 is 3.12 bits per heavy atom. The molecule has 1 heteroatoms. The lowest BCUT2D eigenvalue weighted by Gasteiger charge is -1.56. The summed E-state index contributed by atoms with van der Waals surface area (Å²) >= 11 is 0. The molecule has 0 spiro atoms. The number of hydrogen-bond donors (Lipinski definition) is 0. The molecule has 0 heterocycles. The first-order valence-electron chi connectivity index (χ1n) is 3.28. The largest absolute Gasteiger partial charge is 0.290 e. The van der Waals surface area contributed by atoms with Crippen LogP contribution in [0.15, 0.2) is 41.1 Å². The third kappa shape index (κ3) is 1.19. The zero-order chi connectivity index (χ0) is 7.56. The van der Waals surface area contributed by atoms with E-state index in [4.69, 9.17) is 2.74 Å². The Balaban J connectivity index is 3.46. The molecule has 0 aliphatic carbocycles. The van der Waals surface area contributed by atoms with Gasteiger partial charge in [0.1, 0.15) is 0 Å². The molecule has 0 aromatic heterocycles. The van der Waals surface area contributed by atoms with Crippen molar-refractivity contribution in [2.75, 3.05) is 0 Å². The zero-order valence-electron chi connectivity index (χ0n) is 6.22. The van der Waals surface area contributed by atoms with Gasteiger partial charge in [0.25, 0.3) is 0 Å². The second-order valence-electron chi connectivity index (χ2n) is 1.35. The van der Waals surface area contributed by atoms with Gasteiger partial charge in [-0.2, -0.15) is 0 Å². The summed E-state index contributed by atoms with van der Waals surface area (Å²) in [4.78, 5) is 10.7. The van der Waals surface area contributed by atoms with Crippen molar-refractivity contribution in [1.29, 1.82) is 0 Å². The number of rotatable bonds is 0. The van der Waals surface area contributed by atoms with Crippen LogP contribution in [0.25, 0.3) is 0 Å². The van der Waals surface area contributed by atoms with Gasteiger partial charge in [0.05, 0.1) is 2.74 Å². The van der Waals surface area contributed by atoms with E-state index in [1.807, 2.05) is 0 Å². The maximum atomic E-state index is 10.7. The highest BCUT2D eigenvalue weighted by Crippen LogP contribution is 1.73. The zero-order valence-corrected chi connectivity index (χ0v) is 4.22. The van der Waals surface area contributed by atoms with Gasteiger partial charge in [-0.15, -0.1) is 0 Å². The minimum Gasteiger partial charge on any atom is -0.290 e. The van der Waals surface area contributed by atoms with Crippen LogP contribution in [-0.2, 0) is 0 Å². The molecule has 0 saturated heterocycles. The van der Waals surface area contributed by atoms with Gasteiger partial charge in [-0.3, -0.25) is 4.79 Å². The summed E-state index contributed by atoms with van der Waals surface area (Å²) < 4.78 is 14.1. The van der Waals surface area contributed by atoms with Gasteiger partial charge < -0.3 is 0 Å². The van der Waals surface area contributed by atoms with Crippen molar-refractivity contribution in [2.45, 2.75) is 0 Å². The van der Waals surface area contributed by atoms with Gasteiger partial charge >= 0.3 is 0 Å². The predicted octanol–water partition coefficient (Wildman–Crippen LogP) is 1.05. The van der Waals surface area contributed by atoms with Gasteiger partial charge in [0, 0.05) is 0 Å². The Bertz CT molecular complexity index is 296. The minimum atomic E-state index is -0.349. The standard InChI is InChI=1S/C7H6O/c8-7-5-3-1-2-4-6-7/h1-6H/i1D,5D. The van der Waals surface area contributed by atoms with Crippen molar-refractivity contribution in [3.05, 3.63) is 46.6 Å². The van der Waals surface area contributed by atoms with Crippen LogP contribution < -0.4 is 5.43 Å². The van der Waals surface area contributed by atoms with E-state index in [1.165, 1.54) is 24.3 Å². The van der Waals surface area contributed by atoms with E-state index in [9.17, 15) is 4.79 Å². The Morgan fingerprint density at radius 1 is 1.38 bits per heavy atom. The maximum absolute atomic E-state index is 10.7. The van der Waals surface area contributed by atoms with Crippen molar-refractivity contribution in [3.8, 4) is 0 Å². The first-order valence-corrected chi connectivity index (χ1v) is 2.28. The number of hydrogen-bond acceptors (Lipinski definition) is 1. The predicted molar refractivity (Wildman–Crippen MR) is 32.7 cm³/mol. The van der Waals surface area contributed by atoms with Gasteiger partial charge in [-0.25, -0.2) is 0 Å². The van der Waals surface area contributed by atoms with Crippen LogP contribution in [0.3, 0.4) is 0 Å². The van der Waals surface area contributed by atoms with Crippen molar-refractivity contribution in [1.82, 2.24) is 0 Å². The van der Waals surface area contributed by atoms with E-state index < -0.39 is 0 Å². The lowest BCUT2D eigenvalue weighted by Crippen LogP contribution is -1.87. The Labute approximate surface area is 50.4 Å². The second-order valence-corrected chi connectivity index (χ2v) is 1.35. The molecule has 1 nitrogen and oxygen atoms in total. The second kappa shape index (κ2) is 2.26. The van der Waals surface area contributed by atoms with Crippen LogP contribution in [0, 0.1) is 0 Å². The first kappa shape index (κ1) is 3.02. The molecule has 1 aromatic carbocycles. The van der Waals surface area contributed by atoms with Crippen LogP contribution in [0.5, 0.6) is 0 Å². The van der Waals surface area contributed by atoms with E-state index in [0.717, 1.165) is 0 Å². The van der Waals surface area contributed by atoms with Crippen LogP contribution in [0.4, 0.5) is 0 Å². The third-order valence-electron chi connectivity index (χ3n) is 0.738. The Morgan fingerprint density at radius 2 is 2.25 bits per heavy atom. The lowest BCUT2D eigenvalue weighted by molar-refractivity contribution is 1.68. The van der Waals surface area contributed by atoms with Crippen LogP contribution in [0.1, 0.15) is 2.74 Å². The van der Waals surface area contributed by atoms with Gasteiger partial charge in [0.15, 0.2) is 5.43 Å². The topological polar surface area (TPSA) is 17.1 Å². The van der Waals surface area contributed by atoms with Crippen LogP contribution in [-0.4, -0.2) is 0 Å². The minimum absolute atomic E-state index is 0.130. The molecule has 0 radical (unpaired) electrons. The van der Waals surface area contributed by atoms with Crippen molar-refractivity contribution in [2.24, 2.45) is 0 Å². The molecule has 8 heavy (non-hydrogen) atoms. The van der Waals surface area contributed by atoms with Crippen LogP contribution >= 0.6 is 0 Å². The van der Waals surface area contributed by atoms with Gasteiger partial charge in [-0.05, 0) is 12.1 Å². The van der Waals surface area contributed by atoms with Crippen molar-refractivity contribution < 1.29 is 2.74 Å². The van der Waals surface area contributed by atoms with E-state index >= 15 is 0 Å². The molecule has 0 aliphatic heterocycles. The van der Waals surface area contributed by atoms with E-state index in [-0.39, 0.29) is 17.5 Å². The smallest absolute Gasteiger partial charge is 0.178 e. The summed E-state index contributed by atoms with van der Waals surface area (Å²) in [7, 11) is 0. The highest BCUT2D eigenvalue weighted by Gasteiger charge is 1.69. The van der Waals surface area contributed by atoms with Gasteiger partial charge in [0.2, 0.25) is 0 Å². The van der Waals surface area contributed by atoms with E-state index in [2.05, 4.69) is 0 Å². The summed E-state index contributed by atoms with van der Waals surface area (Å²) in [5.74, 6) is 0. The molecule has 0 fully saturated rings. The molecule has 0 atom stereocenters. The van der Waals surface area contributed by atoms with Crippen molar-refractivity contribution >= 4 is 0 Å². The molecule has 0 aliphatic rings. The summed E-state index contributed by atoms with van der Waals surface area (Å²) in [5, 5.41) is 0. The third-order valence-corrected chi connectivity index (χ3v) is 0.738. The first-order chi connectivity index (χ1) is 4.70. The molecule has 40 valence electrons. The summed E-state index contributed by atoms with van der Waals surface area (Å²) in [6.07, 6.45) is 0. The fraction of sp³-hybridized carbons (Fsp3) is 0.